The number of rotatable bonds is 6. The summed E-state index contributed by atoms with van der Waals surface area (Å²) in [6.45, 7) is 4.69. The summed E-state index contributed by atoms with van der Waals surface area (Å²) in [4.78, 5) is 21.2. The van der Waals surface area contributed by atoms with Gasteiger partial charge in [0, 0.05) is 24.9 Å². The third-order valence-corrected chi connectivity index (χ3v) is 6.61. The second kappa shape index (κ2) is 8.64. The Bertz CT molecular complexity index is 1010. The number of fused-ring (bicyclic) bond motifs is 1. The molecule has 7 nitrogen and oxygen atoms in total. The number of carbonyl (C=O) groups is 1. The summed E-state index contributed by atoms with van der Waals surface area (Å²) in [5.41, 5.74) is 2.47. The van der Waals surface area contributed by atoms with Gasteiger partial charge in [-0.05, 0) is 42.2 Å². The van der Waals surface area contributed by atoms with Crippen molar-refractivity contribution in [2.45, 2.75) is 64.0 Å². The first kappa shape index (κ1) is 21.3. The Morgan fingerprint density at radius 3 is 2.87 bits per heavy atom. The molecule has 1 aromatic heterocycles. The van der Waals surface area contributed by atoms with Crippen molar-refractivity contribution in [2.24, 2.45) is 5.41 Å². The van der Waals surface area contributed by atoms with E-state index in [0.29, 0.717) is 36.7 Å². The Labute approximate surface area is 182 Å². The van der Waals surface area contributed by atoms with E-state index in [1.54, 1.807) is 0 Å². The second-order valence-electron chi connectivity index (χ2n) is 9.30. The lowest BCUT2D eigenvalue weighted by molar-refractivity contribution is -0.119. The van der Waals surface area contributed by atoms with Crippen LogP contribution in [0.15, 0.2) is 30.5 Å². The van der Waals surface area contributed by atoms with Gasteiger partial charge in [0.05, 0.1) is 12.3 Å². The maximum absolute atomic E-state index is 12.4. The number of aromatic nitrogens is 2. The van der Waals surface area contributed by atoms with E-state index in [9.17, 15) is 15.2 Å². The molecule has 2 aliphatic rings. The van der Waals surface area contributed by atoms with Crippen LogP contribution in [0.3, 0.4) is 0 Å². The van der Waals surface area contributed by atoms with E-state index in [-0.39, 0.29) is 29.3 Å². The van der Waals surface area contributed by atoms with E-state index >= 15 is 0 Å². The number of nitrogens with one attached hydrogen (secondary N) is 2. The normalized spacial score (nSPS) is 24.3. The topological polar surface area (TPSA) is 111 Å². The fourth-order valence-electron chi connectivity index (χ4n) is 4.76. The highest BCUT2D eigenvalue weighted by Gasteiger charge is 2.36. The maximum atomic E-state index is 12.4. The van der Waals surface area contributed by atoms with Gasteiger partial charge in [-0.2, -0.15) is 10.2 Å². The molecule has 1 fully saturated rings. The van der Waals surface area contributed by atoms with Crippen molar-refractivity contribution in [3.63, 3.8) is 0 Å². The molecule has 31 heavy (non-hydrogen) atoms. The molecule has 1 aromatic carbocycles. The molecule has 3 N–H and O–H groups in total. The Hall–Kier alpha value is -2.98. The predicted octanol–water partition coefficient (Wildman–Crippen LogP) is 3.41. The first-order valence-electron chi connectivity index (χ1n) is 10.9. The van der Waals surface area contributed by atoms with Gasteiger partial charge in [0.25, 0.3) is 0 Å². The van der Waals surface area contributed by atoms with Gasteiger partial charge in [0.2, 0.25) is 5.95 Å². The highest BCUT2D eigenvalue weighted by molar-refractivity contribution is 5.92. The van der Waals surface area contributed by atoms with Crippen molar-refractivity contribution in [3.8, 4) is 6.07 Å². The molecular formula is C24H29N5O2. The summed E-state index contributed by atoms with van der Waals surface area (Å²) in [5.74, 6) is 1.12. The second-order valence-corrected chi connectivity index (χ2v) is 9.30. The Kier molecular flexibility index (Phi) is 5.92. The van der Waals surface area contributed by atoms with Gasteiger partial charge in [-0.1, -0.05) is 38.1 Å². The Morgan fingerprint density at radius 1 is 1.29 bits per heavy atom. The molecule has 7 heteroatoms. The first-order valence-corrected chi connectivity index (χ1v) is 10.9. The minimum absolute atomic E-state index is 0.0874. The van der Waals surface area contributed by atoms with Crippen molar-refractivity contribution in [3.05, 3.63) is 47.2 Å². The fourth-order valence-corrected chi connectivity index (χ4v) is 4.76. The molecule has 2 aliphatic carbocycles. The number of benzene rings is 1. The number of ketones is 1. The molecule has 1 unspecified atom stereocenters. The molecule has 162 valence electrons. The summed E-state index contributed by atoms with van der Waals surface area (Å²) >= 11 is 0. The van der Waals surface area contributed by atoms with Crippen LogP contribution in [0.2, 0.25) is 0 Å². The third-order valence-electron chi connectivity index (χ3n) is 6.61. The van der Waals surface area contributed by atoms with Crippen molar-refractivity contribution in [1.29, 1.82) is 5.26 Å². The lowest BCUT2D eigenvalue weighted by atomic mass is 9.73. The highest BCUT2D eigenvalue weighted by atomic mass is 16.3. The average molecular weight is 420 g/mol. The molecule has 2 aromatic rings. The zero-order valence-electron chi connectivity index (χ0n) is 18.1. The van der Waals surface area contributed by atoms with Crippen molar-refractivity contribution in [2.75, 3.05) is 17.2 Å². The zero-order chi connectivity index (χ0) is 22.0. The molecule has 0 radical (unpaired) electrons. The van der Waals surface area contributed by atoms with E-state index in [1.165, 1.54) is 6.20 Å². The summed E-state index contributed by atoms with van der Waals surface area (Å²) in [6.07, 6.45) is 4.74. The van der Waals surface area contributed by atoms with Gasteiger partial charge in [0.15, 0.2) is 0 Å². The van der Waals surface area contributed by atoms with Crippen molar-refractivity contribution < 1.29 is 9.90 Å². The number of Topliss-reactive ketones (excluding diaryl/α,β-unsaturated/α-hetero) is 1. The van der Waals surface area contributed by atoms with E-state index in [1.807, 2.05) is 24.3 Å². The smallest absolute Gasteiger partial charge is 0.224 e. The van der Waals surface area contributed by atoms with E-state index in [2.05, 4.69) is 40.5 Å². The minimum Gasteiger partial charge on any atom is -0.393 e. The third kappa shape index (κ3) is 4.54. The Morgan fingerprint density at radius 2 is 2.10 bits per heavy atom. The SMILES string of the molecule is CC1(C)C[C@H](Nc2nc(NCCC3C(=O)Cc4ccccc43)ncc2C#N)CC[C@H]1O. The maximum Gasteiger partial charge on any atom is 0.224 e. The summed E-state index contributed by atoms with van der Waals surface area (Å²) in [6, 6.07) is 10.3. The number of carbonyl (C=O) groups excluding carboxylic acids is 1. The average Bonchev–Trinajstić information content (AvgIpc) is 3.06. The van der Waals surface area contributed by atoms with Crippen LogP contribution in [0.5, 0.6) is 0 Å². The monoisotopic (exact) mass is 419 g/mol. The van der Waals surface area contributed by atoms with Crippen molar-refractivity contribution in [1.82, 2.24) is 9.97 Å². The largest absolute Gasteiger partial charge is 0.393 e. The first-order chi connectivity index (χ1) is 14.9. The number of hydrogen-bond acceptors (Lipinski definition) is 7. The van der Waals surface area contributed by atoms with Gasteiger partial charge >= 0.3 is 0 Å². The molecule has 1 heterocycles. The summed E-state index contributed by atoms with van der Waals surface area (Å²) in [7, 11) is 0. The van der Waals surface area contributed by atoms with E-state index < -0.39 is 0 Å². The molecule has 0 amide bonds. The van der Waals surface area contributed by atoms with Crippen LogP contribution in [0, 0.1) is 16.7 Å². The zero-order valence-corrected chi connectivity index (χ0v) is 18.1. The number of hydrogen-bond donors (Lipinski definition) is 3. The number of nitrogens with zero attached hydrogens (tertiary/aromatic N) is 3. The molecule has 0 bridgehead atoms. The molecule has 0 aliphatic heterocycles. The summed E-state index contributed by atoms with van der Waals surface area (Å²) in [5, 5.41) is 26.3. The van der Waals surface area contributed by atoms with Crippen LogP contribution in [0.25, 0.3) is 0 Å². The minimum atomic E-state index is -0.313. The van der Waals surface area contributed by atoms with Crippen LogP contribution < -0.4 is 10.6 Å². The molecular weight excluding hydrogens is 390 g/mol. The number of aliphatic hydroxyl groups excluding tert-OH is 1. The van der Waals surface area contributed by atoms with Gasteiger partial charge < -0.3 is 15.7 Å². The standard InChI is InChI=1S/C24H29N5O2/c1-24(2)12-17(7-8-21(24)31)28-22-16(13-25)14-27-23(29-22)26-10-9-19-18-6-4-3-5-15(18)11-20(19)30/h3-6,14,17,19,21,31H,7-12H2,1-2H3,(H2,26,27,28,29)/t17-,19?,21-/m1/s1. The van der Waals surface area contributed by atoms with Crippen LogP contribution in [0.1, 0.15) is 62.1 Å². The fraction of sp³-hybridized carbons (Fsp3) is 0.500. The van der Waals surface area contributed by atoms with Crippen LogP contribution in [-0.4, -0.2) is 39.5 Å². The van der Waals surface area contributed by atoms with Gasteiger partial charge in [0.1, 0.15) is 23.2 Å². The molecule has 0 spiro atoms. The predicted molar refractivity (Wildman–Crippen MR) is 119 cm³/mol. The molecule has 3 atom stereocenters. The lowest BCUT2D eigenvalue weighted by Gasteiger charge is -2.40. The molecule has 4 rings (SSSR count). The lowest BCUT2D eigenvalue weighted by Crippen LogP contribution is -2.41. The summed E-state index contributed by atoms with van der Waals surface area (Å²) < 4.78 is 0. The van der Waals surface area contributed by atoms with Crippen LogP contribution in [-0.2, 0) is 11.2 Å². The molecule has 1 saturated carbocycles. The van der Waals surface area contributed by atoms with Crippen LogP contribution in [0.4, 0.5) is 11.8 Å². The number of anilines is 2. The van der Waals surface area contributed by atoms with Crippen molar-refractivity contribution >= 4 is 17.5 Å². The highest BCUT2D eigenvalue weighted by Crippen LogP contribution is 2.37. The van der Waals surface area contributed by atoms with E-state index in [0.717, 1.165) is 30.4 Å². The quantitative estimate of drug-likeness (QED) is 0.658. The van der Waals surface area contributed by atoms with E-state index in [4.69, 9.17) is 0 Å². The molecule has 0 saturated heterocycles. The number of aliphatic hydroxyl groups is 1. The van der Waals surface area contributed by atoms with Gasteiger partial charge in [-0.15, -0.1) is 0 Å². The van der Waals surface area contributed by atoms with Gasteiger partial charge in [-0.25, -0.2) is 4.98 Å². The van der Waals surface area contributed by atoms with Crippen LogP contribution >= 0.6 is 0 Å². The Balaban J connectivity index is 1.40. The number of nitriles is 1. The van der Waals surface area contributed by atoms with Gasteiger partial charge in [-0.3, -0.25) is 4.79 Å².